The van der Waals surface area contributed by atoms with E-state index in [1.807, 2.05) is 25.1 Å². The number of hydrogen-bond donors (Lipinski definition) is 1. The summed E-state index contributed by atoms with van der Waals surface area (Å²) in [4.78, 5) is 15.7. The molecule has 0 aliphatic heterocycles. The first-order valence-corrected chi connectivity index (χ1v) is 7.94. The Bertz CT molecular complexity index is 968. The lowest BCUT2D eigenvalue weighted by atomic mass is 10.1. The Morgan fingerprint density at radius 3 is 2.33 bits per heavy atom. The summed E-state index contributed by atoms with van der Waals surface area (Å²) in [5, 5.41) is 6.10. The highest BCUT2D eigenvalue weighted by Gasteiger charge is 2.14. The predicted octanol–water partition coefficient (Wildman–Crippen LogP) is 4.24. The molecule has 2 N–H and O–H groups in total. The number of fused-ring (bicyclic) bond motifs is 3. The van der Waals surface area contributed by atoms with Gasteiger partial charge in [0.15, 0.2) is 0 Å². The predicted molar refractivity (Wildman–Crippen MR) is 98.2 cm³/mol. The van der Waals surface area contributed by atoms with Crippen LogP contribution in [-0.2, 0) is 9.63 Å². The molecule has 0 spiro atoms. The van der Waals surface area contributed by atoms with E-state index in [2.05, 4.69) is 41.8 Å². The molecule has 0 bridgehead atoms. The molecule has 1 aromatic heterocycles. The lowest BCUT2D eigenvalue weighted by molar-refractivity contribution is -0.140. The Hall–Kier alpha value is -2.82. The second-order valence-electron chi connectivity index (χ2n) is 6.23. The van der Waals surface area contributed by atoms with Crippen LogP contribution < -0.4 is 5.73 Å². The van der Waals surface area contributed by atoms with E-state index in [9.17, 15) is 4.79 Å². The van der Waals surface area contributed by atoms with Crippen molar-refractivity contribution in [1.82, 2.24) is 4.57 Å². The summed E-state index contributed by atoms with van der Waals surface area (Å²) in [6, 6.07) is 12.4. The number of nitrogen functional groups attached to an aromatic ring is 1. The van der Waals surface area contributed by atoms with Gasteiger partial charge in [-0.05, 0) is 56.7 Å². The van der Waals surface area contributed by atoms with Gasteiger partial charge in [0, 0.05) is 40.5 Å². The molecular formula is C19H21N3O2. The molecule has 3 aromatic rings. The molecular weight excluding hydrogens is 302 g/mol. The summed E-state index contributed by atoms with van der Waals surface area (Å²) in [7, 11) is 0. The Kier molecular flexibility index (Phi) is 4.01. The normalized spacial score (nSPS) is 12.3. The highest BCUT2D eigenvalue weighted by atomic mass is 16.7. The molecule has 1 heterocycles. The highest BCUT2D eigenvalue weighted by Crippen LogP contribution is 2.33. The average molecular weight is 323 g/mol. The van der Waals surface area contributed by atoms with Crippen molar-refractivity contribution in [3.05, 3.63) is 42.0 Å². The summed E-state index contributed by atoms with van der Waals surface area (Å²) in [6.45, 7) is 7.48. The summed E-state index contributed by atoms with van der Waals surface area (Å²) in [5.41, 5.74) is 10.6. The Labute approximate surface area is 140 Å². The molecule has 5 heteroatoms. The summed E-state index contributed by atoms with van der Waals surface area (Å²) in [5.74, 6) is -0.431. The minimum atomic E-state index is -0.431. The van der Waals surface area contributed by atoms with Gasteiger partial charge in [-0.1, -0.05) is 11.2 Å². The lowest BCUT2D eigenvalue weighted by Gasteiger charge is -2.11. The first kappa shape index (κ1) is 16.1. The maximum atomic E-state index is 10.9. The van der Waals surface area contributed by atoms with Gasteiger partial charge in [0.2, 0.25) is 0 Å². The maximum Gasteiger partial charge on any atom is 0.331 e. The van der Waals surface area contributed by atoms with Crippen LogP contribution in [0.2, 0.25) is 0 Å². The van der Waals surface area contributed by atoms with Gasteiger partial charge in [0.05, 0.1) is 5.71 Å². The minimum absolute atomic E-state index is 0.329. The number of carbonyl (C=O) groups excluding carboxylic acids is 1. The van der Waals surface area contributed by atoms with E-state index in [0.717, 1.165) is 33.1 Å². The molecule has 5 nitrogen and oxygen atoms in total. The van der Waals surface area contributed by atoms with E-state index < -0.39 is 5.97 Å². The number of nitrogens with zero attached hydrogens (tertiary/aromatic N) is 2. The van der Waals surface area contributed by atoms with Crippen molar-refractivity contribution >= 4 is 39.2 Å². The smallest absolute Gasteiger partial charge is 0.331 e. The first-order valence-electron chi connectivity index (χ1n) is 7.94. The van der Waals surface area contributed by atoms with Crippen LogP contribution in [0.15, 0.2) is 41.6 Å². The third-order valence-electron chi connectivity index (χ3n) is 4.07. The minimum Gasteiger partial charge on any atom is -0.399 e. The van der Waals surface area contributed by atoms with E-state index >= 15 is 0 Å². The molecule has 0 unspecified atom stereocenters. The maximum absolute atomic E-state index is 10.9. The van der Waals surface area contributed by atoms with Crippen LogP contribution in [0.4, 0.5) is 5.69 Å². The number of rotatable bonds is 3. The van der Waals surface area contributed by atoms with Crippen LogP contribution in [0.3, 0.4) is 0 Å². The number of nitrogens with two attached hydrogens (primary N) is 1. The van der Waals surface area contributed by atoms with Crippen LogP contribution in [0.5, 0.6) is 0 Å². The van der Waals surface area contributed by atoms with Crippen LogP contribution >= 0.6 is 0 Å². The molecule has 3 rings (SSSR count). The van der Waals surface area contributed by atoms with Crippen LogP contribution in [0, 0.1) is 0 Å². The molecule has 0 amide bonds. The zero-order valence-corrected chi connectivity index (χ0v) is 14.3. The SMILES string of the molecule is CC(=O)O/N=C(\C)c1ccc2c(c1)c1cc(N)ccc1n2C(C)C. The van der Waals surface area contributed by atoms with E-state index in [1.165, 1.54) is 6.92 Å². The standard InChI is InChI=1S/C19H21N3O2/c1-11(2)22-18-7-5-14(12(3)21-24-13(4)23)9-16(18)17-10-15(20)6-8-19(17)22/h5-11H,20H2,1-4H3/b21-12+. The van der Waals surface area contributed by atoms with Gasteiger partial charge in [0.25, 0.3) is 0 Å². The van der Waals surface area contributed by atoms with E-state index in [-0.39, 0.29) is 0 Å². The first-order chi connectivity index (χ1) is 11.4. The number of aromatic nitrogens is 1. The summed E-state index contributed by atoms with van der Waals surface area (Å²) < 4.78 is 2.30. The Morgan fingerprint density at radius 1 is 1.08 bits per heavy atom. The molecule has 0 fully saturated rings. The number of benzene rings is 2. The second-order valence-corrected chi connectivity index (χ2v) is 6.23. The van der Waals surface area contributed by atoms with Gasteiger partial charge < -0.3 is 15.1 Å². The second kappa shape index (κ2) is 6.00. The third kappa shape index (κ3) is 2.73. The van der Waals surface area contributed by atoms with Gasteiger partial charge in [-0.15, -0.1) is 0 Å². The fourth-order valence-electron chi connectivity index (χ4n) is 3.04. The lowest BCUT2D eigenvalue weighted by Crippen LogP contribution is -2.01. The molecule has 0 aliphatic rings. The monoisotopic (exact) mass is 323 g/mol. The van der Waals surface area contributed by atoms with Crippen molar-refractivity contribution in [3.63, 3.8) is 0 Å². The van der Waals surface area contributed by atoms with Crippen molar-refractivity contribution in [2.24, 2.45) is 5.16 Å². The zero-order chi connectivity index (χ0) is 17.4. The zero-order valence-electron chi connectivity index (χ0n) is 14.3. The van der Waals surface area contributed by atoms with Gasteiger partial charge in [-0.2, -0.15) is 0 Å². The van der Waals surface area contributed by atoms with Crippen molar-refractivity contribution in [2.75, 3.05) is 5.73 Å². The number of hydrogen-bond acceptors (Lipinski definition) is 4. The fourth-order valence-corrected chi connectivity index (χ4v) is 3.04. The molecule has 0 radical (unpaired) electrons. The summed E-state index contributed by atoms with van der Waals surface area (Å²) in [6.07, 6.45) is 0. The highest BCUT2D eigenvalue weighted by molar-refractivity contribution is 6.12. The van der Waals surface area contributed by atoms with Crippen molar-refractivity contribution in [1.29, 1.82) is 0 Å². The van der Waals surface area contributed by atoms with Crippen LogP contribution in [0.25, 0.3) is 21.8 Å². The van der Waals surface area contributed by atoms with Gasteiger partial charge in [0.1, 0.15) is 0 Å². The van der Waals surface area contributed by atoms with Crippen molar-refractivity contribution in [2.45, 2.75) is 33.7 Å². The van der Waals surface area contributed by atoms with Gasteiger partial charge in [-0.25, -0.2) is 4.79 Å². The quantitative estimate of drug-likeness (QED) is 0.339. The Balaban J connectivity index is 2.26. The summed E-state index contributed by atoms with van der Waals surface area (Å²) >= 11 is 0. The molecule has 0 aliphatic carbocycles. The molecule has 124 valence electrons. The third-order valence-corrected chi connectivity index (χ3v) is 4.07. The van der Waals surface area contributed by atoms with E-state index in [4.69, 9.17) is 10.6 Å². The van der Waals surface area contributed by atoms with Crippen molar-refractivity contribution < 1.29 is 9.63 Å². The number of anilines is 1. The molecule has 2 aromatic carbocycles. The van der Waals surface area contributed by atoms with Crippen LogP contribution in [-0.4, -0.2) is 16.2 Å². The molecule has 24 heavy (non-hydrogen) atoms. The van der Waals surface area contributed by atoms with Crippen LogP contribution in [0.1, 0.15) is 39.3 Å². The topological polar surface area (TPSA) is 69.6 Å². The van der Waals surface area contributed by atoms with Gasteiger partial charge >= 0.3 is 5.97 Å². The van der Waals surface area contributed by atoms with Crippen molar-refractivity contribution in [3.8, 4) is 0 Å². The Morgan fingerprint density at radius 2 is 1.71 bits per heavy atom. The van der Waals surface area contributed by atoms with E-state index in [1.54, 1.807) is 0 Å². The van der Waals surface area contributed by atoms with Gasteiger partial charge in [-0.3, -0.25) is 0 Å². The average Bonchev–Trinajstić information content (AvgIpc) is 2.85. The molecule has 0 saturated carbocycles. The largest absolute Gasteiger partial charge is 0.399 e. The molecule has 0 atom stereocenters. The number of carbonyl (C=O) groups is 1. The molecule has 0 saturated heterocycles. The number of oxime groups is 1. The van der Waals surface area contributed by atoms with E-state index in [0.29, 0.717) is 11.8 Å². The fraction of sp³-hybridized carbons (Fsp3) is 0.263.